The molecule has 232 valence electrons. The van der Waals surface area contributed by atoms with Crippen molar-refractivity contribution in [2.24, 2.45) is 0 Å². The maximum absolute atomic E-state index is 13.1. The molecule has 5 heterocycles. The maximum Gasteiger partial charge on any atom is 0.410 e. The molecule has 11 heteroatoms. The number of aromatic nitrogens is 3. The minimum Gasteiger partial charge on any atom is -0.462 e. The third kappa shape index (κ3) is 6.36. The van der Waals surface area contributed by atoms with Gasteiger partial charge in [0.25, 0.3) is 0 Å². The van der Waals surface area contributed by atoms with Gasteiger partial charge in [-0.25, -0.2) is 16.4 Å². The van der Waals surface area contributed by atoms with Crippen molar-refractivity contribution in [3.05, 3.63) is 59.2 Å². The van der Waals surface area contributed by atoms with Crippen molar-refractivity contribution in [3.63, 3.8) is 0 Å². The summed E-state index contributed by atoms with van der Waals surface area (Å²) in [5, 5.41) is 2.28. The van der Waals surface area contributed by atoms with Crippen molar-refractivity contribution in [1.82, 2.24) is 24.8 Å². The molecule has 44 heavy (non-hydrogen) atoms. The Morgan fingerprint density at radius 1 is 1.05 bits per heavy atom. The van der Waals surface area contributed by atoms with Crippen LogP contribution >= 0.6 is 0 Å². The van der Waals surface area contributed by atoms with Crippen LogP contribution < -0.4 is 14.5 Å². The molecule has 0 saturated carbocycles. The monoisotopic (exact) mass is 598 g/mol. The molecule has 2 fully saturated rings. The number of likely N-dealkylation sites (tertiary alicyclic amines) is 1. The third-order valence-corrected chi connectivity index (χ3v) is 8.76. The zero-order valence-corrected chi connectivity index (χ0v) is 26.2. The fourth-order valence-corrected chi connectivity index (χ4v) is 6.48. The Labute approximate surface area is 259 Å². The van der Waals surface area contributed by atoms with E-state index in [0.29, 0.717) is 44.8 Å². The van der Waals surface area contributed by atoms with Gasteiger partial charge in [-0.3, -0.25) is 4.90 Å². The van der Waals surface area contributed by atoms with E-state index in [9.17, 15) is 4.79 Å². The van der Waals surface area contributed by atoms with E-state index >= 15 is 0 Å². The number of carbonyl (C=O) groups excluding carboxylic acids is 1. The van der Waals surface area contributed by atoms with E-state index < -0.39 is 5.60 Å². The van der Waals surface area contributed by atoms with Crippen LogP contribution in [0, 0.1) is 6.57 Å². The summed E-state index contributed by atoms with van der Waals surface area (Å²) >= 11 is 0. The second-order valence-corrected chi connectivity index (χ2v) is 13.0. The lowest BCUT2D eigenvalue weighted by molar-refractivity contribution is 0.0155. The van der Waals surface area contributed by atoms with Crippen LogP contribution in [0.4, 0.5) is 16.4 Å². The molecule has 1 unspecified atom stereocenters. The normalized spacial score (nSPS) is 20.8. The lowest BCUT2D eigenvalue weighted by atomic mass is 10.0. The fourth-order valence-electron chi connectivity index (χ4n) is 6.48. The van der Waals surface area contributed by atoms with Crippen molar-refractivity contribution in [2.75, 3.05) is 62.7 Å². The van der Waals surface area contributed by atoms with Gasteiger partial charge in [0.15, 0.2) is 0 Å². The number of amides is 1. The first kappa shape index (κ1) is 29.9. The average molecular weight is 599 g/mol. The zero-order chi connectivity index (χ0) is 30.8. The lowest BCUT2D eigenvalue weighted by Gasteiger charge is -2.41. The summed E-state index contributed by atoms with van der Waals surface area (Å²) in [6.07, 6.45) is 4.50. The van der Waals surface area contributed by atoms with Gasteiger partial charge in [0.1, 0.15) is 29.9 Å². The Morgan fingerprint density at radius 2 is 1.89 bits per heavy atom. The van der Waals surface area contributed by atoms with E-state index in [4.69, 9.17) is 31.0 Å². The number of anilines is 2. The molecule has 2 aromatic heterocycles. The van der Waals surface area contributed by atoms with Gasteiger partial charge in [-0.1, -0.05) is 24.3 Å². The number of pyridine rings is 1. The second-order valence-electron chi connectivity index (χ2n) is 13.0. The van der Waals surface area contributed by atoms with Gasteiger partial charge in [0, 0.05) is 49.4 Å². The first-order valence-corrected chi connectivity index (χ1v) is 15.6. The van der Waals surface area contributed by atoms with Gasteiger partial charge in [-0.2, -0.15) is 9.97 Å². The summed E-state index contributed by atoms with van der Waals surface area (Å²) in [5.74, 6) is 1.79. The Hall–Kier alpha value is -4.17. The van der Waals surface area contributed by atoms with E-state index in [0.717, 1.165) is 66.0 Å². The predicted octanol–water partition coefficient (Wildman–Crippen LogP) is 4.41. The molecule has 0 N–H and O–H groups in total. The number of rotatable bonds is 6. The molecule has 6 rings (SSSR count). The van der Waals surface area contributed by atoms with Crippen LogP contribution in [0.25, 0.3) is 15.6 Å². The van der Waals surface area contributed by atoms with Crippen LogP contribution in [-0.4, -0.2) is 101 Å². The quantitative estimate of drug-likeness (QED) is 0.383. The lowest BCUT2D eigenvalue weighted by Crippen LogP contribution is -2.57. The molecule has 1 aromatic carbocycles. The van der Waals surface area contributed by atoms with E-state index in [1.165, 1.54) is 0 Å². The van der Waals surface area contributed by atoms with Crippen LogP contribution in [0.15, 0.2) is 36.5 Å². The maximum atomic E-state index is 13.1. The number of nitrogens with zero attached hydrogens (tertiary/aromatic N) is 8. The zero-order valence-electron chi connectivity index (χ0n) is 26.2. The molecule has 1 amide bonds. The van der Waals surface area contributed by atoms with Crippen molar-refractivity contribution in [2.45, 2.75) is 64.3 Å². The second kappa shape index (κ2) is 12.4. The Morgan fingerprint density at radius 3 is 2.66 bits per heavy atom. The Kier molecular flexibility index (Phi) is 8.45. The summed E-state index contributed by atoms with van der Waals surface area (Å²) in [4.78, 5) is 40.0. The first-order chi connectivity index (χ1) is 21.2. The number of ether oxygens (including phenoxy) is 2. The largest absolute Gasteiger partial charge is 0.462 e. The first-order valence-electron chi connectivity index (χ1n) is 15.6. The fraction of sp³-hybridized carbons (Fsp3) is 0.545. The number of piperazine rings is 1. The predicted molar refractivity (Wildman–Crippen MR) is 170 cm³/mol. The number of benzene rings is 1. The van der Waals surface area contributed by atoms with Crippen molar-refractivity contribution >= 4 is 28.5 Å². The topological polar surface area (TPSA) is 91.5 Å². The van der Waals surface area contributed by atoms with Crippen LogP contribution in [-0.2, 0) is 17.7 Å². The highest BCUT2D eigenvalue weighted by atomic mass is 16.6. The summed E-state index contributed by atoms with van der Waals surface area (Å²) in [6.45, 7) is 17.9. The highest BCUT2D eigenvalue weighted by molar-refractivity contribution is 5.92. The number of hydrogen-bond acceptors (Lipinski definition) is 9. The molecule has 0 aliphatic carbocycles. The summed E-state index contributed by atoms with van der Waals surface area (Å²) in [6, 6.07) is 10.8. The number of fused-ring (bicyclic) bond motifs is 2. The van der Waals surface area contributed by atoms with Gasteiger partial charge < -0.3 is 29.0 Å². The molecule has 3 aliphatic rings. The third-order valence-electron chi connectivity index (χ3n) is 8.76. The molecule has 2 atom stereocenters. The minimum absolute atomic E-state index is 0.195. The van der Waals surface area contributed by atoms with Gasteiger partial charge in [-0.15, -0.1) is 0 Å². The van der Waals surface area contributed by atoms with Crippen LogP contribution in [0.5, 0.6) is 6.01 Å². The van der Waals surface area contributed by atoms with E-state index in [-0.39, 0.29) is 18.7 Å². The summed E-state index contributed by atoms with van der Waals surface area (Å²) in [5.41, 5.74) is 1.42. The van der Waals surface area contributed by atoms with Crippen molar-refractivity contribution < 1.29 is 14.3 Å². The SMILES string of the molecule is [C-]#[N+]CC1CN(c2nc(OC[C@@H]3CCCN3C)nc3c2CCN(c2nccc4ccccc24)C3)CCN1C(=O)OC(C)(C)C. The molecule has 0 bridgehead atoms. The Balaban J connectivity index is 1.30. The van der Waals surface area contributed by atoms with Crippen LogP contribution in [0.2, 0.25) is 0 Å². The molecule has 0 spiro atoms. The van der Waals surface area contributed by atoms with Gasteiger partial charge in [-0.05, 0) is 65.1 Å². The van der Waals surface area contributed by atoms with Crippen molar-refractivity contribution in [3.8, 4) is 6.01 Å². The van der Waals surface area contributed by atoms with E-state index in [1.54, 1.807) is 4.90 Å². The molecule has 2 saturated heterocycles. The molecular formula is C33H42N8O3. The average Bonchev–Trinajstić information content (AvgIpc) is 3.42. The number of hydrogen-bond donors (Lipinski definition) is 0. The number of likely N-dealkylation sites (N-methyl/N-ethyl adjacent to an activating group) is 1. The number of carbonyl (C=O) groups is 1. The van der Waals surface area contributed by atoms with Gasteiger partial charge >= 0.3 is 12.1 Å². The van der Waals surface area contributed by atoms with E-state index in [2.05, 4.69) is 38.7 Å². The highest BCUT2D eigenvalue weighted by Gasteiger charge is 2.37. The summed E-state index contributed by atoms with van der Waals surface area (Å²) in [7, 11) is 2.14. The smallest absolute Gasteiger partial charge is 0.410 e. The molecular weight excluding hydrogens is 556 g/mol. The minimum atomic E-state index is -0.604. The molecule has 3 aliphatic heterocycles. The van der Waals surface area contributed by atoms with Gasteiger partial charge in [0.05, 0.1) is 12.2 Å². The van der Waals surface area contributed by atoms with Crippen LogP contribution in [0.1, 0.15) is 44.9 Å². The molecule has 3 aromatic rings. The Bertz CT molecular complexity index is 1550. The van der Waals surface area contributed by atoms with Crippen molar-refractivity contribution in [1.29, 1.82) is 0 Å². The molecule has 0 radical (unpaired) electrons. The highest BCUT2D eigenvalue weighted by Crippen LogP contribution is 2.34. The van der Waals surface area contributed by atoms with E-state index in [1.807, 2.05) is 45.2 Å². The summed E-state index contributed by atoms with van der Waals surface area (Å²) < 4.78 is 12.0. The molecule has 11 nitrogen and oxygen atoms in total. The standard InChI is InChI=1S/C33H42N8O3/c1-33(2,3)44-32(42)41-18-17-40(20-25(41)19-34-4)30-27-13-16-39(29-26-11-7-6-9-23(26)12-14-35-29)21-28(27)36-31(37-30)43-22-24-10-8-15-38(24)5/h6-7,9,11-12,14,24-25H,8,10,13,15-22H2,1-3,5H3/t24-,25?/m0/s1. The van der Waals surface area contributed by atoms with Crippen LogP contribution in [0.3, 0.4) is 0 Å². The van der Waals surface area contributed by atoms with Gasteiger partial charge in [0.2, 0.25) is 6.54 Å².